The SMILES string of the molecule is CS(=O)(=O)Nc1cnn(CC(=O)NCCc2ccncc2)n1. The van der Waals surface area contributed by atoms with Crippen molar-refractivity contribution in [2.24, 2.45) is 0 Å². The van der Waals surface area contributed by atoms with Crippen LogP contribution in [0, 0.1) is 0 Å². The van der Waals surface area contributed by atoms with Crippen molar-refractivity contribution in [1.29, 1.82) is 0 Å². The molecule has 0 unspecified atom stereocenters. The van der Waals surface area contributed by atoms with E-state index in [-0.39, 0.29) is 18.3 Å². The summed E-state index contributed by atoms with van der Waals surface area (Å²) in [6.07, 6.45) is 6.34. The van der Waals surface area contributed by atoms with E-state index in [0.717, 1.165) is 16.6 Å². The summed E-state index contributed by atoms with van der Waals surface area (Å²) in [4.78, 5) is 16.8. The molecule has 2 aromatic heterocycles. The second kappa shape index (κ2) is 6.98. The smallest absolute Gasteiger partial charge is 0.243 e. The molecular weight excluding hydrogens is 308 g/mol. The summed E-state index contributed by atoms with van der Waals surface area (Å²) < 4.78 is 24.3. The number of carbonyl (C=O) groups excluding carboxylic acids is 1. The molecule has 0 aliphatic heterocycles. The number of hydrogen-bond donors (Lipinski definition) is 2. The molecule has 0 aromatic carbocycles. The summed E-state index contributed by atoms with van der Waals surface area (Å²) in [5.74, 6) is -0.178. The van der Waals surface area contributed by atoms with Crippen LogP contribution in [0.4, 0.5) is 5.82 Å². The van der Waals surface area contributed by atoms with E-state index in [0.29, 0.717) is 13.0 Å². The van der Waals surface area contributed by atoms with E-state index < -0.39 is 10.0 Å². The molecule has 22 heavy (non-hydrogen) atoms. The maximum atomic E-state index is 11.7. The van der Waals surface area contributed by atoms with Crippen molar-refractivity contribution in [3.8, 4) is 0 Å². The van der Waals surface area contributed by atoms with Gasteiger partial charge in [-0.15, -0.1) is 5.10 Å². The number of carbonyl (C=O) groups is 1. The quantitative estimate of drug-likeness (QED) is 0.702. The summed E-state index contributed by atoms with van der Waals surface area (Å²) in [6.45, 7) is 0.403. The lowest BCUT2D eigenvalue weighted by molar-refractivity contribution is -0.122. The highest BCUT2D eigenvalue weighted by molar-refractivity contribution is 7.92. The summed E-state index contributed by atoms with van der Waals surface area (Å²) >= 11 is 0. The number of rotatable bonds is 7. The van der Waals surface area contributed by atoms with E-state index in [9.17, 15) is 13.2 Å². The maximum absolute atomic E-state index is 11.7. The van der Waals surface area contributed by atoms with Crippen molar-refractivity contribution in [3.63, 3.8) is 0 Å². The third kappa shape index (κ3) is 5.48. The Hall–Kier alpha value is -2.49. The van der Waals surface area contributed by atoms with E-state index >= 15 is 0 Å². The van der Waals surface area contributed by atoms with Crippen LogP contribution in [-0.2, 0) is 27.8 Å². The molecule has 0 radical (unpaired) electrons. The summed E-state index contributed by atoms with van der Waals surface area (Å²) in [6, 6.07) is 3.76. The van der Waals surface area contributed by atoms with Crippen LogP contribution < -0.4 is 10.0 Å². The highest BCUT2D eigenvalue weighted by Crippen LogP contribution is 2.01. The van der Waals surface area contributed by atoms with Crippen molar-refractivity contribution in [1.82, 2.24) is 25.3 Å². The molecule has 2 heterocycles. The predicted molar refractivity (Wildman–Crippen MR) is 79.4 cm³/mol. The molecule has 0 aliphatic carbocycles. The molecule has 0 saturated heterocycles. The van der Waals surface area contributed by atoms with Crippen LogP contribution in [0.5, 0.6) is 0 Å². The van der Waals surface area contributed by atoms with Crippen LogP contribution in [0.2, 0.25) is 0 Å². The Bertz CT molecular complexity index is 728. The molecule has 0 atom stereocenters. The Morgan fingerprint density at radius 2 is 2.05 bits per heavy atom. The predicted octanol–water partition coefficient (Wildman–Crippen LogP) is -0.596. The van der Waals surface area contributed by atoms with E-state index in [2.05, 4.69) is 25.2 Å². The molecule has 0 spiro atoms. The molecule has 0 fully saturated rings. The zero-order chi connectivity index (χ0) is 16.0. The molecule has 1 amide bonds. The van der Waals surface area contributed by atoms with Gasteiger partial charge < -0.3 is 5.32 Å². The summed E-state index contributed by atoms with van der Waals surface area (Å²) in [5, 5.41) is 10.4. The molecule has 0 aliphatic rings. The Labute approximate surface area is 127 Å². The monoisotopic (exact) mass is 324 g/mol. The van der Waals surface area contributed by atoms with Gasteiger partial charge in [0.25, 0.3) is 0 Å². The molecule has 9 nitrogen and oxygen atoms in total. The standard InChI is InChI=1S/C12H16N6O3S/c1-22(20,21)17-11-8-15-18(16-11)9-12(19)14-7-4-10-2-5-13-6-3-10/h2-3,5-6,8H,4,7,9H2,1H3,(H,14,19)(H,16,17). The van der Waals surface area contributed by atoms with Crippen LogP contribution in [0.15, 0.2) is 30.7 Å². The second-order valence-electron chi connectivity index (χ2n) is 4.59. The largest absolute Gasteiger partial charge is 0.354 e. The lowest BCUT2D eigenvalue weighted by Gasteiger charge is -2.04. The number of anilines is 1. The topological polar surface area (TPSA) is 119 Å². The zero-order valence-electron chi connectivity index (χ0n) is 11.9. The first kappa shape index (κ1) is 15.9. The minimum Gasteiger partial charge on any atom is -0.354 e. The van der Waals surface area contributed by atoms with Gasteiger partial charge in [-0.3, -0.25) is 14.5 Å². The lowest BCUT2D eigenvalue weighted by Crippen LogP contribution is -2.30. The van der Waals surface area contributed by atoms with E-state index in [1.54, 1.807) is 12.4 Å². The molecule has 118 valence electrons. The number of nitrogens with one attached hydrogen (secondary N) is 2. The second-order valence-corrected chi connectivity index (χ2v) is 6.34. The number of pyridine rings is 1. The normalized spacial score (nSPS) is 11.1. The molecule has 2 aromatic rings. The van der Waals surface area contributed by atoms with Crippen LogP contribution in [-0.4, -0.2) is 47.1 Å². The average molecular weight is 324 g/mol. The number of aromatic nitrogens is 4. The van der Waals surface area contributed by atoms with E-state index in [1.807, 2.05) is 12.1 Å². The van der Waals surface area contributed by atoms with Crippen molar-refractivity contribution >= 4 is 21.7 Å². The fourth-order valence-electron chi connectivity index (χ4n) is 1.69. The Kier molecular flexibility index (Phi) is 5.04. The minimum atomic E-state index is -3.41. The lowest BCUT2D eigenvalue weighted by atomic mass is 10.2. The average Bonchev–Trinajstić information content (AvgIpc) is 2.84. The number of hydrogen-bond acceptors (Lipinski definition) is 6. The van der Waals surface area contributed by atoms with E-state index in [4.69, 9.17) is 0 Å². The van der Waals surface area contributed by atoms with Gasteiger partial charge in [0.1, 0.15) is 6.54 Å². The molecule has 10 heteroatoms. The fraction of sp³-hybridized carbons (Fsp3) is 0.333. The Balaban J connectivity index is 1.77. The van der Waals surface area contributed by atoms with Crippen LogP contribution in [0.1, 0.15) is 5.56 Å². The van der Waals surface area contributed by atoms with E-state index in [1.165, 1.54) is 6.20 Å². The van der Waals surface area contributed by atoms with Crippen LogP contribution in [0.3, 0.4) is 0 Å². The number of nitrogens with zero attached hydrogens (tertiary/aromatic N) is 4. The van der Waals surface area contributed by atoms with Crippen LogP contribution in [0.25, 0.3) is 0 Å². The van der Waals surface area contributed by atoms with Gasteiger partial charge >= 0.3 is 0 Å². The Morgan fingerprint density at radius 1 is 1.32 bits per heavy atom. The highest BCUT2D eigenvalue weighted by Gasteiger charge is 2.08. The van der Waals surface area contributed by atoms with Gasteiger partial charge in [-0.1, -0.05) is 0 Å². The van der Waals surface area contributed by atoms with Gasteiger partial charge in [-0.2, -0.15) is 9.90 Å². The molecule has 2 rings (SSSR count). The molecular formula is C12H16N6O3S. The first-order chi connectivity index (χ1) is 10.4. The summed E-state index contributed by atoms with van der Waals surface area (Å²) in [7, 11) is -3.41. The molecule has 0 bridgehead atoms. The summed E-state index contributed by atoms with van der Waals surface area (Å²) in [5.41, 5.74) is 1.08. The van der Waals surface area contributed by atoms with Gasteiger partial charge in [-0.25, -0.2) is 8.42 Å². The van der Waals surface area contributed by atoms with Gasteiger partial charge in [-0.05, 0) is 24.1 Å². The van der Waals surface area contributed by atoms with Gasteiger partial charge in [0.05, 0.1) is 12.5 Å². The number of amides is 1. The van der Waals surface area contributed by atoms with Gasteiger partial charge in [0.15, 0.2) is 5.82 Å². The fourth-order valence-corrected chi connectivity index (χ4v) is 2.16. The minimum absolute atomic E-state index is 0.0760. The van der Waals surface area contributed by atoms with Crippen molar-refractivity contribution in [3.05, 3.63) is 36.3 Å². The first-order valence-electron chi connectivity index (χ1n) is 6.46. The van der Waals surface area contributed by atoms with Crippen molar-refractivity contribution < 1.29 is 13.2 Å². The number of sulfonamides is 1. The highest BCUT2D eigenvalue weighted by atomic mass is 32.2. The zero-order valence-corrected chi connectivity index (χ0v) is 12.7. The molecule has 0 saturated carbocycles. The third-order valence-corrected chi connectivity index (χ3v) is 3.18. The van der Waals surface area contributed by atoms with Crippen LogP contribution >= 0.6 is 0 Å². The first-order valence-corrected chi connectivity index (χ1v) is 8.35. The van der Waals surface area contributed by atoms with Gasteiger partial charge in [0, 0.05) is 18.9 Å². The van der Waals surface area contributed by atoms with Crippen molar-refractivity contribution in [2.45, 2.75) is 13.0 Å². The van der Waals surface area contributed by atoms with Gasteiger partial charge in [0.2, 0.25) is 15.9 Å². The Morgan fingerprint density at radius 3 is 2.73 bits per heavy atom. The third-order valence-electron chi connectivity index (χ3n) is 2.60. The maximum Gasteiger partial charge on any atom is 0.243 e. The molecule has 2 N–H and O–H groups in total. The van der Waals surface area contributed by atoms with Crippen molar-refractivity contribution in [2.75, 3.05) is 17.5 Å².